The molecule has 0 bridgehead atoms. The van der Waals surface area contributed by atoms with Crippen molar-refractivity contribution >= 4 is 11.0 Å². The molecule has 20 heavy (non-hydrogen) atoms. The van der Waals surface area contributed by atoms with Crippen molar-refractivity contribution in [2.45, 2.75) is 53.5 Å². The summed E-state index contributed by atoms with van der Waals surface area (Å²) < 4.78 is 6.18. The second kappa shape index (κ2) is 6.01. The lowest BCUT2D eigenvalue weighted by molar-refractivity contribution is 0.209. The smallest absolute Gasteiger partial charge is 0.137 e. The number of hydrogen-bond donors (Lipinski definition) is 1. The average Bonchev–Trinajstić information content (AvgIpc) is 2.84. The number of hydrogen-bond acceptors (Lipinski definition) is 2. The minimum atomic E-state index is 0.178. The quantitative estimate of drug-likeness (QED) is 0.780. The molecule has 0 amide bonds. The Bertz CT molecular complexity index is 568. The van der Waals surface area contributed by atoms with E-state index in [1.54, 1.807) is 0 Å². The van der Waals surface area contributed by atoms with E-state index in [9.17, 15) is 0 Å². The van der Waals surface area contributed by atoms with Gasteiger partial charge < -0.3 is 9.73 Å². The van der Waals surface area contributed by atoms with Gasteiger partial charge in [-0.1, -0.05) is 45.9 Å². The van der Waals surface area contributed by atoms with Gasteiger partial charge in [0, 0.05) is 5.39 Å². The molecule has 110 valence electrons. The number of furan rings is 1. The van der Waals surface area contributed by atoms with Gasteiger partial charge >= 0.3 is 0 Å². The summed E-state index contributed by atoms with van der Waals surface area (Å²) >= 11 is 0. The molecule has 1 N–H and O–H groups in total. The van der Waals surface area contributed by atoms with Gasteiger partial charge in [-0.3, -0.25) is 0 Å². The highest BCUT2D eigenvalue weighted by atomic mass is 16.3. The van der Waals surface area contributed by atoms with Crippen molar-refractivity contribution in [2.75, 3.05) is 6.54 Å². The van der Waals surface area contributed by atoms with Gasteiger partial charge in [0.1, 0.15) is 11.3 Å². The molecule has 1 aromatic heterocycles. The van der Waals surface area contributed by atoms with Crippen molar-refractivity contribution in [1.29, 1.82) is 0 Å². The largest absolute Gasteiger partial charge is 0.459 e. The summed E-state index contributed by atoms with van der Waals surface area (Å²) in [6.07, 6.45) is 2.25. The van der Waals surface area contributed by atoms with Crippen LogP contribution in [0.5, 0.6) is 0 Å². The third-order valence-electron chi connectivity index (χ3n) is 4.34. The number of nitrogens with one attached hydrogen (secondary N) is 1. The fourth-order valence-corrected chi connectivity index (χ4v) is 2.63. The van der Waals surface area contributed by atoms with Crippen molar-refractivity contribution in [3.63, 3.8) is 0 Å². The van der Waals surface area contributed by atoms with E-state index in [2.05, 4.69) is 64.2 Å². The van der Waals surface area contributed by atoms with E-state index in [0.717, 1.165) is 30.7 Å². The fraction of sp³-hybridized carbons (Fsp3) is 0.556. The van der Waals surface area contributed by atoms with E-state index in [0.29, 0.717) is 0 Å². The molecule has 0 aliphatic heterocycles. The first kappa shape index (κ1) is 15.1. The van der Waals surface area contributed by atoms with Crippen LogP contribution >= 0.6 is 0 Å². The van der Waals surface area contributed by atoms with Crippen molar-refractivity contribution in [1.82, 2.24) is 5.32 Å². The third-order valence-corrected chi connectivity index (χ3v) is 4.34. The second-order valence-corrected chi connectivity index (χ2v) is 6.37. The lowest BCUT2D eigenvalue weighted by Crippen LogP contribution is -2.34. The van der Waals surface area contributed by atoms with Gasteiger partial charge in [-0.15, -0.1) is 0 Å². The van der Waals surface area contributed by atoms with Crippen LogP contribution in [0.25, 0.3) is 11.0 Å². The topological polar surface area (TPSA) is 25.2 Å². The molecule has 0 radical (unpaired) electrons. The maximum absolute atomic E-state index is 6.18. The lowest BCUT2D eigenvalue weighted by atomic mass is 9.80. The molecule has 1 heterocycles. The standard InChI is InChI=1S/C18H27NO/c1-6-11-19-17(18(4,5)7-2)15-12-14-10-8-9-13(3)16(14)20-15/h8-10,12,17,19H,6-7,11H2,1-5H3. The second-order valence-electron chi connectivity index (χ2n) is 6.37. The van der Waals surface area contributed by atoms with Crippen molar-refractivity contribution < 1.29 is 4.42 Å². The summed E-state index contributed by atoms with van der Waals surface area (Å²) in [5, 5.41) is 4.87. The van der Waals surface area contributed by atoms with Gasteiger partial charge in [0.15, 0.2) is 0 Å². The Balaban J connectivity index is 2.42. The maximum Gasteiger partial charge on any atom is 0.137 e. The molecule has 0 saturated heterocycles. The van der Waals surface area contributed by atoms with Crippen LogP contribution < -0.4 is 5.32 Å². The minimum absolute atomic E-state index is 0.178. The first-order valence-corrected chi connectivity index (χ1v) is 7.72. The normalized spacial score (nSPS) is 13.8. The Morgan fingerprint density at radius 2 is 2.00 bits per heavy atom. The molecular weight excluding hydrogens is 246 g/mol. The molecule has 2 rings (SSSR count). The number of benzene rings is 1. The van der Waals surface area contributed by atoms with Crippen molar-refractivity contribution in [3.8, 4) is 0 Å². The summed E-state index contributed by atoms with van der Waals surface area (Å²) in [5.74, 6) is 1.06. The summed E-state index contributed by atoms with van der Waals surface area (Å²) in [6.45, 7) is 12.2. The predicted octanol–water partition coefficient (Wildman–Crippen LogP) is 5.22. The van der Waals surface area contributed by atoms with E-state index in [1.165, 1.54) is 10.9 Å². The summed E-state index contributed by atoms with van der Waals surface area (Å²) in [4.78, 5) is 0. The van der Waals surface area contributed by atoms with Gasteiger partial charge in [-0.25, -0.2) is 0 Å². The number of para-hydroxylation sites is 1. The predicted molar refractivity (Wildman–Crippen MR) is 86.1 cm³/mol. The molecule has 1 atom stereocenters. The highest BCUT2D eigenvalue weighted by Crippen LogP contribution is 2.38. The van der Waals surface area contributed by atoms with Crippen molar-refractivity contribution in [2.24, 2.45) is 5.41 Å². The van der Waals surface area contributed by atoms with Gasteiger partial charge in [-0.05, 0) is 43.4 Å². The SMILES string of the molecule is CCCNC(c1cc2cccc(C)c2o1)C(C)(C)CC. The zero-order valence-electron chi connectivity index (χ0n) is 13.4. The highest BCUT2D eigenvalue weighted by molar-refractivity contribution is 5.81. The first-order valence-electron chi connectivity index (χ1n) is 7.72. The maximum atomic E-state index is 6.18. The van der Waals surface area contributed by atoms with Crippen LogP contribution in [-0.4, -0.2) is 6.54 Å². The summed E-state index contributed by atoms with van der Waals surface area (Å²) in [6, 6.07) is 8.79. The molecule has 0 fully saturated rings. The van der Waals surface area contributed by atoms with E-state index >= 15 is 0 Å². The van der Waals surface area contributed by atoms with Crippen LogP contribution in [0.3, 0.4) is 0 Å². The van der Waals surface area contributed by atoms with E-state index in [-0.39, 0.29) is 11.5 Å². The molecule has 2 heteroatoms. The molecule has 2 aromatic rings. The van der Waals surface area contributed by atoms with E-state index < -0.39 is 0 Å². The van der Waals surface area contributed by atoms with Gasteiger partial charge in [0.05, 0.1) is 6.04 Å². The number of fused-ring (bicyclic) bond motifs is 1. The molecule has 0 spiro atoms. The van der Waals surface area contributed by atoms with Gasteiger partial charge in [0.2, 0.25) is 0 Å². The third kappa shape index (κ3) is 2.90. The summed E-state index contributed by atoms with van der Waals surface area (Å²) in [5.41, 5.74) is 2.41. The summed E-state index contributed by atoms with van der Waals surface area (Å²) in [7, 11) is 0. The minimum Gasteiger partial charge on any atom is -0.459 e. The van der Waals surface area contributed by atoms with Crippen molar-refractivity contribution in [3.05, 3.63) is 35.6 Å². The van der Waals surface area contributed by atoms with Gasteiger partial charge in [-0.2, -0.15) is 0 Å². The molecule has 1 aromatic carbocycles. The Kier molecular flexibility index (Phi) is 4.54. The Morgan fingerprint density at radius 1 is 1.25 bits per heavy atom. The highest BCUT2D eigenvalue weighted by Gasteiger charge is 2.31. The number of aryl methyl sites for hydroxylation is 1. The molecule has 1 unspecified atom stereocenters. The van der Waals surface area contributed by atoms with E-state index in [1.807, 2.05) is 0 Å². The Morgan fingerprint density at radius 3 is 2.60 bits per heavy atom. The fourth-order valence-electron chi connectivity index (χ4n) is 2.63. The molecule has 2 nitrogen and oxygen atoms in total. The first-order chi connectivity index (χ1) is 9.49. The molecule has 0 saturated carbocycles. The Hall–Kier alpha value is -1.28. The van der Waals surface area contributed by atoms with Gasteiger partial charge in [0.25, 0.3) is 0 Å². The molecule has 0 aliphatic carbocycles. The zero-order valence-corrected chi connectivity index (χ0v) is 13.4. The molecule has 0 aliphatic rings. The number of rotatable bonds is 6. The van der Waals surface area contributed by atoms with Crippen LogP contribution in [0.15, 0.2) is 28.7 Å². The van der Waals surface area contributed by atoms with E-state index in [4.69, 9.17) is 4.42 Å². The van der Waals surface area contributed by atoms with Crippen LogP contribution in [0, 0.1) is 12.3 Å². The lowest BCUT2D eigenvalue weighted by Gasteiger charge is -2.32. The van der Waals surface area contributed by atoms with Crippen LogP contribution in [0.1, 0.15) is 57.9 Å². The molecular formula is C18H27NO. The average molecular weight is 273 g/mol. The Labute approximate surface area is 122 Å². The zero-order chi connectivity index (χ0) is 14.8. The van der Waals surface area contributed by atoms with Crippen LogP contribution in [-0.2, 0) is 0 Å². The van der Waals surface area contributed by atoms with Crippen LogP contribution in [0.4, 0.5) is 0 Å². The van der Waals surface area contributed by atoms with Crippen LogP contribution in [0.2, 0.25) is 0 Å². The monoisotopic (exact) mass is 273 g/mol.